The number of rotatable bonds is 6. The summed E-state index contributed by atoms with van der Waals surface area (Å²) in [5.74, 6) is -1.04. The molecule has 1 aromatic heterocycles. The number of carboxylic acids is 1. The molecule has 1 saturated carbocycles. The Bertz CT molecular complexity index is 530. The predicted octanol–water partition coefficient (Wildman–Crippen LogP) is 1.98. The SMILES string of the molecule is CCCn1cc(C(=O)NCC2(C(=O)O)CCCC2)c(C)n1. The zero-order valence-electron chi connectivity index (χ0n) is 12.7. The average Bonchev–Trinajstić information content (AvgIpc) is 3.04. The van der Waals surface area contributed by atoms with Gasteiger partial charge < -0.3 is 10.4 Å². The van der Waals surface area contributed by atoms with Crippen LogP contribution in [0.15, 0.2) is 6.20 Å². The number of carbonyl (C=O) groups is 2. The van der Waals surface area contributed by atoms with Crippen LogP contribution in [0.2, 0.25) is 0 Å². The van der Waals surface area contributed by atoms with Gasteiger partial charge in [0, 0.05) is 19.3 Å². The van der Waals surface area contributed by atoms with Gasteiger partial charge in [0.05, 0.1) is 16.7 Å². The first kappa shape index (κ1) is 15.5. The summed E-state index contributed by atoms with van der Waals surface area (Å²) in [6, 6.07) is 0. The van der Waals surface area contributed by atoms with Crippen LogP contribution in [0.5, 0.6) is 0 Å². The zero-order valence-corrected chi connectivity index (χ0v) is 12.7. The normalized spacial score (nSPS) is 16.9. The first-order chi connectivity index (χ1) is 9.98. The van der Waals surface area contributed by atoms with E-state index < -0.39 is 11.4 Å². The number of nitrogens with one attached hydrogen (secondary N) is 1. The monoisotopic (exact) mass is 293 g/mol. The van der Waals surface area contributed by atoms with Gasteiger partial charge in [0.2, 0.25) is 0 Å². The minimum absolute atomic E-state index is 0.194. The summed E-state index contributed by atoms with van der Waals surface area (Å²) in [6.45, 7) is 4.81. The van der Waals surface area contributed by atoms with E-state index in [2.05, 4.69) is 10.4 Å². The van der Waals surface area contributed by atoms with Gasteiger partial charge >= 0.3 is 5.97 Å². The van der Waals surface area contributed by atoms with Gasteiger partial charge in [0.15, 0.2) is 0 Å². The van der Waals surface area contributed by atoms with Crippen LogP contribution in [0.3, 0.4) is 0 Å². The largest absolute Gasteiger partial charge is 0.481 e. The molecule has 1 aromatic rings. The highest BCUT2D eigenvalue weighted by Gasteiger charge is 2.41. The standard InChI is InChI=1S/C15H23N3O3/c1-3-8-18-9-12(11(2)17-18)13(19)16-10-15(14(20)21)6-4-5-7-15/h9H,3-8,10H2,1-2H3,(H,16,19)(H,20,21). The van der Waals surface area contributed by atoms with Crippen LogP contribution < -0.4 is 5.32 Å². The smallest absolute Gasteiger partial charge is 0.311 e. The highest BCUT2D eigenvalue weighted by atomic mass is 16.4. The number of aromatic nitrogens is 2. The Morgan fingerprint density at radius 3 is 2.67 bits per heavy atom. The number of nitrogens with zero attached hydrogens (tertiary/aromatic N) is 2. The lowest BCUT2D eigenvalue weighted by Crippen LogP contribution is -2.41. The van der Waals surface area contributed by atoms with Gasteiger partial charge in [-0.05, 0) is 26.2 Å². The van der Waals surface area contributed by atoms with Crippen molar-refractivity contribution < 1.29 is 14.7 Å². The molecule has 0 aliphatic heterocycles. The first-order valence-electron chi connectivity index (χ1n) is 7.54. The summed E-state index contributed by atoms with van der Waals surface area (Å²) in [5, 5.41) is 16.5. The van der Waals surface area contributed by atoms with Crippen LogP contribution in [-0.4, -0.2) is 33.3 Å². The van der Waals surface area contributed by atoms with E-state index in [0.717, 1.165) is 25.8 Å². The van der Waals surface area contributed by atoms with Gasteiger partial charge in [-0.2, -0.15) is 5.10 Å². The third-order valence-corrected chi connectivity index (χ3v) is 4.25. The van der Waals surface area contributed by atoms with E-state index in [1.54, 1.807) is 17.8 Å². The summed E-state index contributed by atoms with van der Waals surface area (Å²) in [4.78, 5) is 23.7. The van der Waals surface area contributed by atoms with E-state index in [4.69, 9.17) is 0 Å². The first-order valence-corrected chi connectivity index (χ1v) is 7.54. The van der Waals surface area contributed by atoms with Gasteiger partial charge in [-0.25, -0.2) is 0 Å². The maximum absolute atomic E-state index is 12.2. The summed E-state index contributed by atoms with van der Waals surface area (Å²) >= 11 is 0. The van der Waals surface area contributed by atoms with E-state index in [1.807, 2.05) is 6.92 Å². The Morgan fingerprint density at radius 2 is 2.10 bits per heavy atom. The lowest BCUT2D eigenvalue weighted by atomic mass is 9.86. The Kier molecular flexibility index (Phi) is 4.65. The number of hydrogen-bond donors (Lipinski definition) is 2. The van der Waals surface area contributed by atoms with E-state index >= 15 is 0 Å². The molecule has 1 heterocycles. The number of aliphatic carboxylic acids is 1. The summed E-state index contributed by atoms with van der Waals surface area (Å²) in [5.41, 5.74) is 0.418. The van der Waals surface area contributed by atoms with E-state index in [-0.39, 0.29) is 12.5 Å². The molecular weight excluding hydrogens is 270 g/mol. The van der Waals surface area contributed by atoms with Gasteiger partial charge in [-0.1, -0.05) is 19.8 Å². The second-order valence-electron chi connectivity index (χ2n) is 5.87. The van der Waals surface area contributed by atoms with Crippen LogP contribution in [-0.2, 0) is 11.3 Å². The molecule has 0 spiro atoms. The molecule has 0 aromatic carbocycles. The summed E-state index contributed by atoms with van der Waals surface area (Å²) in [7, 11) is 0. The maximum atomic E-state index is 12.2. The Hall–Kier alpha value is -1.85. The second-order valence-corrected chi connectivity index (χ2v) is 5.87. The molecule has 1 aliphatic rings. The quantitative estimate of drug-likeness (QED) is 0.840. The maximum Gasteiger partial charge on any atom is 0.311 e. The zero-order chi connectivity index (χ0) is 15.5. The lowest BCUT2D eigenvalue weighted by molar-refractivity contribution is -0.148. The van der Waals surface area contributed by atoms with Crippen molar-refractivity contribution in [1.82, 2.24) is 15.1 Å². The van der Waals surface area contributed by atoms with Gasteiger partial charge in [-0.15, -0.1) is 0 Å². The molecule has 2 N–H and O–H groups in total. The Labute approximate surface area is 124 Å². The molecule has 0 unspecified atom stereocenters. The molecule has 0 bridgehead atoms. The van der Waals surface area contributed by atoms with Crippen molar-refractivity contribution in [3.05, 3.63) is 17.5 Å². The molecular formula is C15H23N3O3. The minimum Gasteiger partial charge on any atom is -0.481 e. The Morgan fingerprint density at radius 1 is 1.43 bits per heavy atom. The van der Waals surface area contributed by atoms with Crippen molar-refractivity contribution >= 4 is 11.9 Å². The van der Waals surface area contributed by atoms with E-state index in [0.29, 0.717) is 24.1 Å². The van der Waals surface area contributed by atoms with Crippen LogP contribution in [0.4, 0.5) is 0 Å². The van der Waals surface area contributed by atoms with Gasteiger partial charge in [0.25, 0.3) is 5.91 Å². The van der Waals surface area contributed by atoms with Crippen molar-refractivity contribution in [2.45, 2.75) is 52.5 Å². The van der Waals surface area contributed by atoms with Crippen molar-refractivity contribution in [2.24, 2.45) is 5.41 Å². The number of aryl methyl sites for hydroxylation is 2. The lowest BCUT2D eigenvalue weighted by Gasteiger charge is -2.23. The molecule has 2 rings (SSSR count). The minimum atomic E-state index is -0.807. The van der Waals surface area contributed by atoms with Crippen molar-refractivity contribution in [3.8, 4) is 0 Å². The average molecular weight is 293 g/mol. The third kappa shape index (κ3) is 3.25. The third-order valence-electron chi connectivity index (χ3n) is 4.25. The molecule has 21 heavy (non-hydrogen) atoms. The topological polar surface area (TPSA) is 84.2 Å². The van der Waals surface area contributed by atoms with Crippen LogP contribution in [0.25, 0.3) is 0 Å². The van der Waals surface area contributed by atoms with E-state index in [9.17, 15) is 14.7 Å². The van der Waals surface area contributed by atoms with Gasteiger partial charge in [-0.3, -0.25) is 14.3 Å². The summed E-state index contributed by atoms with van der Waals surface area (Å²) in [6.07, 6.45) is 5.78. The van der Waals surface area contributed by atoms with Crippen molar-refractivity contribution in [1.29, 1.82) is 0 Å². The highest BCUT2D eigenvalue weighted by Crippen LogP contribution is 2.37. The van der Waals surface area contributed by atoms with E-state index in [1.165, 1.54) is 0 Å². The highest BCUT2D eigenvalue weighted by molar-refractivity contribution is 5.95. The fourth-order valence-electron chi connectivity index (χ4n) is 2.95. The fraction of sp³-hybridized carbons (Fsp3) is 0.667. The van der Waals surface area contributed by atoms with Gasteiger partial charge in [0.1, 0.15) is 0 Å². The van der Waals surface area contributed by atoms with Crippen LogP contribution >= 0.6 is 0 Å². The van der Waals surface area contributed by atoms with Crippen LogP contribution in [0, 0.1) is 12.3 Å². The number of carboxylic acid groups (broad SMARTS) is 1. The molecule has 0 saturated heterocycles. The van der Waals surface area contributed by atoms with Crippen molar-refractivity contribution in [2.75, 3.05) is 6.54 Å². The number of hydrogen-bond acceptors (Lipinski definition) is 3. The second kappa shape index (κ2) is 6.28. The molecule has 6 heteroatoms. The predicted molar refractivity (Wildman–Crippen MR) is 78.1 cm³/mol. The molecule has 1 aliphatic carbocycles. The molecule has 1 fully saturated rings. The van der Waals surface area contributed by atoms with Crippen molar-refractivity contribution in [3.63, 3.8) is 0 Å². The van der Waals surface area contributed by atoms with Crippen LogP contribution in [0.1, 0.15) is 55.1 Å². The number of amides is 1. The summed E-state index contributed by atoms with van der Waals surface area (Å²) < 4.78 is 1.76. The Balaban J connectivity index is 2.03. The molecule has 6 nitrogen and oxygen atoms in total. The molecule has 0 radical (unpaired) electrons. The fourth-order valence-corrected chi connectivity index (χ4v) is 2.95. The number of carbonyl (C=O) groups excluding carboxylic acids is 1. The molecule has 116 valence electrons. The molecule has 0 atom stereocenters. The molecule has 1 amide bonds.